The minimum absolute atomic E-state index is 0.0666. The molecule has 0 fully saturated rings. The average Bonchev–Trinajstić information content (AvgIpc) is 0.814. The Morgan fingerprint density at radius 3 is 0.938 bits per heavy atom. The van der Waals surface area contributed by atoms with Gasteiger partial charge in [-0.25, -0.2) is 0 Å². The second-order valence-electron chi connectivity index (χ2n) is 23.9. The van der Waals surface area contributed by atoms with Crippen LogP contribution in [-0.4, -0.2) is 73.5 Å². The predicted octanol–water partition coefficient (Wildman–Crippen LogP) is 19.2. The van der Waals surface area contributed by atoms with E-state index in [0.717, 1.165) is 60.2 Å². The third-order valence-electron chi connectivity index (χ3n) is 14.2. The molecule has 97 heavy (non-hydrogen) atoms. The summed E-state index contributed by atoms with van der Waals surface area (Å²) >= 11 is -2.22. The number of nitrogens with zero attached hydrogens (tertiary/aromatic N) is 4. The maximum absolute atomic E-state index is 10.8. The zero-order valence-corrected chi connectivity index (χ0v) is 74.8. The third-order valence-corrected chi connectivity index (χ3v) is 20.5. The van der Waals surface area contributed by atoms with Crippen LogP contribution in [0.1, 0.15) is 125 Å². The van der Waals surface area contributed by atoms with Gasteiger partial charge in [0.05, 0.1) is 0 Å². The molecule has 0 aliphatic heterocycles. The van der Waals surface area contributed by atoms with Crippen molar-refractivity contribution in [2.24, 2.45) is 20.0 Å². The molecule has 4 unspecified atom stereocenters. The zero-order chi connectivity index (χ0) is 73.8. The fraction of sp³-hybridized carbons (Fsp3) is 0.288. The number of rotatable bonds is 12. The van der Waals surface area contributed by atoms with E-state index in [0.29, 0.717) is 57.3 Å². The molecule has 4 N–H and O–H groups in total. The number of hydrogen-bond acceptors (Lipinski definition) is 8. The molecule has 0 amide bonds. The molecule has 0 aromatic heterocycles. The fourth-order valence-electron chi connectivity index (χ4n) is 9.53. The summed E-state index contributed by atoms with van der Waals surface area (Å²) in [6.07, 6.45) is 7.55. The third kappa shape index (κ3) is 33.5. The van der Waals surface area contributed by atoms with Crippen molar-refractivity contribution in [2.45, 2.75) is 115 Å². The quantitative estimate of drug-likeness (QED) is 0.0551. The van der Waals surface area contributed by atoms with Crippen LogP contribution in [0.5, 0.6) is 23.0 Å². The van der Waals surface area contributed by atoms with E-state index in [1.807, 2.05) is 76.0 Å². The summed E-state index contributed by atoms with van der Waals surface area (Å²) in [6, 6.07) is 43.2. The second-order valence-corrected chi connectivity index (χ2v) is 39.4. The Balaban J connectivity index is 0.000000613. The van der Waals surface area contributed by atoms with Crippen molar-refractivity contribution in [2.75, 3.05) is 28.2 Å². The number of phenols is 4. The molecule has 0 heterocycles. The zero-order valence-electron chi connectivity index (χ0n) is 58.5. The molecular weight excluding hydrogens is 1600 g/mol. The molecule has 0 saturated heterocycles. The molecule has 8 nitrogen and oxygen atoms in total. The van der Waals surface area contributed by atoms with Gasteiger partial charge in [-0.2, -0.15) is 0 Å². The summed E-state index contributed by atoms with van der Waals surface area (Å²) in [5, 5.41) is 50.6. The molecule has 518 valence electrons. The van der Waals surface area contributed by atoms with Gasteiger partial charge in [0, 0.05) is 102 Å². The summed E-state index contributed by atoms with van der Waals surface area (Å²) in [5.41, 5.74) is 17.1. The SMILES string of the molecule is CN=Cc1cccc(C)c1Pc1cc(C(C)(C)C)cc(C)c1O.CN=Cc1cccc(C)c1Pc1cc(C)cc(C(C)(C)C)c1O.CN=Cc1cccc(C)c1Pc1cc(C)cc(C)c1O.CN=Cc1cccc(C)c1Pc1cc(C)ccc1O.[Cl][Ti][Cl].[Cl][Ti][Cl].[Cl][Ti][Cl].[Cl][Ti][Cl]. The Kier molecular flexibility index (Phi) is 48.3. The van der Waals surface area contributed by atoms with Gasteiger partial charge < -0.3 is 20.4 Å². The van der Waals surface area contributed by atoms with E-state index in [2.05, 4.69) is 194 Å². The molecule has 0 saturated carbocycles. The Morgan fingerprint density at radius 2 is 0.619 bits per heavy atom. The standard InChI is InChI=1S/2C20H26NOP.C17H20NOP.C16H18NOP.8ClH.4Ti/c1-13-10-16(20(3,4)5)18(22)17(11-13)23-19-14(2)8-7-9-15(19)12-21-6;1-13-8-7-9-15(12-21-6)19(13)23-17-11-16(20(3,4)5)10-14(2)18(17)22;1-11-8-13(3)16(19)15(9-11)20-17-12(2)6-5-7-14(17)10-18-4;1-11-7-8-14(18)15(9-11)19-16-12(2)5-4-6-13(16)10-17-3;;;;;;;;;;;;/h2*7-12,22-23H,1-6H3;5-10,19-20H,1-4H3;4-10,18-19H,1-3H3;8*1H;;;;/q;;;;;;;;;;;;4*+2/p-8. The van der Waals surface area contributed by atoms with Crippen LogP contribution in [-0.2, 0) is 79.0 Å². The second kappa shape index (κ2) is 50.1. The van der Waals surface area contributed by atoms with Gasteiger partial charge in [0.25, 0.3) is 0 Å². The van der Waals surface area contributed by atoms with Crippen molar-refractivity contribution >= 4 is 176 Å². The number of aliphatic imine (C=N–C) groups is 4. The Morgan fingerprint density at radius 1 is 0.330 bits per heavy atom. The van der Waals surface area contributed by atoms with E-state index in [1.54, 1.807) is 34.3 Å². The molecule has 0 bridgehead atoms. The van der Waals surface area contributed by atoms with Crippen molar-refractivity contribution in [3.63, 3.8) is 0 Å². The van der Waals surface area contributed by atoms with Crippen LogP contribution in [0.4, 0.5) is 0 Å². The predicted molar refractivity (Wildman–Crippen MR) is 429 cm³/mol. The van der Waals surface area contributed by atoms with Crippen molar-refractivity contribution in [3.05, 3.63) is 211 Å². The van der Waals surface area contributed by atoms with Crippen LogP contribution >= 0.6 is 109 Å². The van der Waals surface area contributed by atoms with Gasteiger partial charge >= 0.3 is 143 Å². The first-order chi connectivity index (χ1) is 45.8. The van der Waals surface area contributed by atoms with Crippen molar-refractivity contribution in [3.8, 4) is 23.0 Å². The molecule has 0 spiro atoms. The molecule has 8 aromatic rings. The fourth-order valence-corrected chi connectivity index (χ4v) is 15.1. The van der Waals surface area contributed by atoms with Crippen LogP contribution in [0.25, 0.3) is 0 Å². The first-order valence-corrected chi connectivity index (χ1v) is 51.2. The number of aromatic hydroxyl groups is 4. The number of phenolic OH excluding ortho intramolecular Hbond substituents is 4. The van der Waals surface area contributed by atoms with E-state index in [1.165, 1.54) is 65.7 Å². The van der Waals surface area contributed by atoms with Crippen LogP contribution in [0.3, 0.4) is 0 Å². The van der Waals surface area contributed by atoms with E-state index < -0.39 is 68.1 Å². The molecule has 0 aliphatic rings. The van der Waals surface area contributed by atoms with E-state index in [9.17, 15) is 20.4 Å². The van der Waals surface area contributed by atoms with Gasteiger partial charge in [0.1, 0.15) is 23.0 Å². The molecule has 0 aliphatic carbocycles. The van der Waals surface area contributed by atoms with E-state index >= 15 is 0 Å². The number of halogens is 8. The topological polar surface area (TPSA) is 130 Å². The van der Waals surface area contributed by atoms with Crippen LogP contribution in [0, 0.1) is 62.3 Å². The van der Waals surface area contributed by atoms with Crippen molar-refractivity contribution in [1.29, 1.82) is 0 Å². The van der Waals surface area contributed by atoms with E-state index in [-0.39, 0.29) is 10.8 Å². The van der Waals surface area contributed by atoms with Gasteiger partial charge in [-0.05, 0) is 175 Å². The molecule has 8 rings (SSSR count). The first-order valence-electron chi connectivity index (χ1n) is 30.1. The molecule has 8 aromatic carbocycles. The summed E-state index contributed by atoms with van der Waals surface area (Å²) in [4.78, 5) is 16.6. The van der Waals surface area contributed by atoms with Gasteiger partial charge in [0.15, 0.2) is 0 Å². The number of aryl methyl sites for hydroxylation is 9. The average molecular weight is 1690 g/mol. The van der Waals surface area contributed by atoms with Gasteiger partial charge in [-0.1, -0.05) is 178 Å². The van der Waals surface area contributed by atoms with Crippen LogP contribution < -0.4 is 42.4 Å². The molecule has 0 radical (unpaired) electrons. The molecular formula is C73H90Cl8N4O4P4Ti4. The van der Waals surface area contributed by atoms with Gasteiger partial charge in [-0.3, -0.25) is 20.0 Å². The molecule has 4 atom stereocenters. The molecule has 24 heteroatoms. The van der Waals surface area contributed by atoms with E-state index in [4.69, 9.17) is 74.4 Å². The van der Waals surface area contributed by atoms with Crippen molar-refractivity contribution < 1.29 is 88.6 Å². The Bertz CT molecular complexity index is 3810. The Labute approximate surface area is 653 Å². The summed E-state index contributed by atoms with van der Waals surface area (Å²) < 4.78 is 0. The minimum atomic E-state index is -0.556. The first kappa shape index (κ1) is 93.5. The maximum atomic E-state index is 10.8. The summed E-state index contributed by atoms with van der Waals surface area (Å²) in [7, 11) is 47.9. The van der Waals surface area contributed by atoms with Crippen LogP contribution in [0.2, 0.25) is 0 Å². The summed E-state index contributed by atoms with van der Waals surface area (Å²) in [6.45, 7) is 31.6. The number of hydrogen-bond donors (Lipinski definition) is 4. The Hall–Kier alpha value is -1.46. The summed E-state index contributed by atoms with van der Waals surface area (Å²) in [5.74, 6) is 1.63. The monoisotopic (exact) mass is 1680 g/mol. The number of benzene rings is 8. The van der Waals surface area contributed by atoms with Gasteiger partial charge in [-0.15, -0.1) is 0 Å². The van der Waals surface area contributed by atoms with Crippen molar-refractivity contribution in [1.82, 2.24) is 0 Å². The van der Waals surface area contributed by atoms with Gasteiger partial charge in [0.2, 0.25) is 0 Å². The van der Waals surface area contributed by atoms with Crippen LogP contribution in [0.15, 0.2) is 147 Å². The normalized spacial score (nSPS) is 11.3.